The van der Waals surface area contributed by atoms with Crippen LogP contribution >= 0.6 is 11.6 Å². The molecule has 2 nitrogen and oxygen atoms in total. The fourth-order valence-corrected chi connectivity index (χ4v) is 1.81. The van der Waals surface area contributed by atoms with E-state index in [1.807, 2.05) is 25.1 Å². The minimum Gasteiger partial charge on any atom is -0.495 e. The van der Waals surface area contributed by atoms with Gasteiger partial charge in [-0.2, -0.15) is 0 Å². The Morgan fingerprint density at radius 2 is 2.00 bits per heavy atom. The number of aromatic nitrogens is 1. The maximum absolute atomic E-state index is 6.16. The topological polar surface area (TPSA) is 22.1 Å². The molecule has 0 radical (unpaired) electrons. The second-order valence-electron chi connectivity index (χ2n) is 3.07. The van der Waals surface area contributed by atoms with E-state index in [0.717, 1.165) is 16.5 Å². The molecule has 0 saturated heterocycles. The van der Waals surface area contributed by atoms with E-state index < -0.39 is 0 Å². The van der Waals surface area contributed by atoms with Crippen molar-refractivity contribution in [2.24, 2.45) is 0 Å². The molecule has 1 aromatic heterocycles. The average Bonchev–Trinajstić information content (AvgIpc) is 2.20. The minimum absolute atomic E-state index is 0.649. The van der Waals surface area contributed by atoms with Gasteiger partial charge in [-0.3, -0.25) is 4.98 Å². The van der Waals surface area contributed by atoms with Crippen LogP contribution in [0.5, 0.6) is 5.75 Å². The molecule has 72 valence electrons. The van der Waals surface area contributed by atoms with E-state index in [-0.39, 0.29) is 0 Å². The number of rotatable bonds is 1. The number of methoxy groups -OCH3 is 1. The maximum Gasteiger partial charge on any atom is 0.138 e. The summed E-state index contributed by atoms with van der Waals surface area (Å²) in [6.07, 6.45) is 1.75. The maximum atomic E-state index is 6.16. The molecule has 0 spiro atoms. The molecule has 0 bridgehead atoms. The van der Waals surface area contributed by atoms with Gasteiger partial charge in [0.15, 0.2) is 0 Å². The number of ether oxygens (including phenoxy) is 1. The molecule has 3 heteroatoms. The summed E-state index contributed by atoms with van der Waals surface area (Å²) in [7, 11) is 1.61. The molecular formula is C11H10ClNO. The van der Waals surface area contributed by atoms with Gasteiger partial charge in [0.2, 0.25) is 0 Å². The lowest BCUT2D eigenvalue weighted by Crippen LogP contribution is -1.88. The monoisotopic (exact) mass is 207 g/mol. The van der Waals surface area contributed by atoms with Crippen molar-refractivity contribution in [1.29, 1.82) is 0 Å². The molecule has 1 heterocycles. The summed E-state index contributed by atoms with van der Waals surface area (Å²) in [5.74, 6) is 0.699. The molecule has 0 atom stereocenters. The molecule has 0 aliphatic rings. The summed E-state index contributed by atoms with van der Waals surface area (Å²) < 4.78 is 5.14. The summed E-state index contributed by atoms with van der Waals surface area (Å²) in [6, 6.07) is 5.73. The Labute approximate surface area is 87.5 Å². The molecule has 2 rings (SSSR count). The first-order valence-electron chi connectivity index (χ1n) is 4.32. The first-order valence-corrected chi connectivity index (χ1v) is 4.69. The third-order valence-corrected chi connectivity index (χ3v) is 2.65. The van der Waals surface area contributed by atoms with Crippen molar-refractivity contribution in [2.75, 3.05) is 7.11 Å². The third kappa shape index (κ3) is 1.32. The summed E-state index contributed by atoms with van der Waals surface area (Å²) in [6.45, 7) is 1.96. The van der Waals surface area contributed by atoms with E-state index in [4.69, 9.17) is 16.3 Å². The van der Waals surface area contributed by atoms with Crippen molar-refractivity contribution in [3.63, 3.8) is 0 Å². The Hall–Kier alpha value is -1.28. The van der Waals surface area contributed by atoms with Crippen LogP contribution in [0.1, 0.15) is 5.69 Å². The third-order valence-electron chi connectivity index (χ3n) is 2.26. The van der Waals surface area contributed by atoms with Crippen LogP contribution < -0.4 is 4.74 Å². The van der Waals surface area contributed by atoms with Crippen LogP contribution in [-0.4, -0.2) is 12.1 Å². The van der Waals surface area contributed by atoms with Crippen LogP contribution in [0.4, 0.5) is 0 Å². The Morgan fingerprint density at radius 1 is 1.21 bits per heavy atom. The standard InChI is InChI=1S/C11H10ClNO/c1-7-8-3-4-10(14-2)11(12)9(8)5-6-13-7/h3-6H,1-2H3. The number of halogens is 1. The lowest BCUT2D eigenvalue weighted by Gasteiger charge is -2.07. The normalized spacial score (nSPS) is 10.5. The van der Waals surface area contributed by atoms with Crippen molar-refractivity contribution in [2.45, 2.75) is 6.92 Å². The summed E-state index contributed by atoms with van der Waals surface area (Å²) in [5, 5.41) is 2.70. The van der Waals surface area contributed by atoms with Gasteiger partial charge in [0.1, 0.15) is 5.75 Å². The van der Waals surface area contributed by atoms with Gasteiger partial charge in [-0.05, 0) is 25.1 Å². The van der Waals surface area contributed by atoms with Gasteiger partial charge in [-0.15, -0.1) is 0 Å². The van der Waals surface area contributed by atoms with Crippen molar-refractivity contribution >= 4 is 22.4 Å². The number of fused-ring (bicyclic) bond motifs is 1. The molecule has 0 amide bonds. The number of pyridine rings is 1. The zero-order chi connectivity index (χ0) is 10.1. The Morgan fingerprint density at radius 3 is 2.71 bits per heavy atom. The van der Waals surface area contributed by atoms with Gasteiger partial charge in [-0.25, -0.2) is 0 Å². The first kappa shape index (κ1) is 9.28. The van der Waals surface area contributed by atoms with E-state index in [9.17, 15) is 0 Å². The van der Waals surface area contributed by atoms with Gasteiger partial charge >= 0.3 is 0 Å². The SMILES string of the molecule is COc1ccc2c(C)nccc2c1Cl. The van der Waals surface area contributed by atoms with Gasteiger partial charge in [-0.1, -0.05) is 11.6 Å². The highest BCUT2D eigenvalue weighted by Crippen LogP contribution is 2.32. The summed E-state index contributed by atoms with van der Waals surface area (Å²) in [4.78, 5) is 4.20. The number of hydrogen-bond donors (Lipinski definition) is 0. The second-order valence-corrected chi connectivity index (χ2v) is 3.45. The van der Waals surface area contributed by atoms with Gasteiger partial charge in [0.25, 0.3) is 0 Å². The van der Waals surface area contributed by atoms with E-state index in [2.05, 4.69) is 4.98 Å². The van der Waals surface area contributed by atoms with Crippen LogP contribution in [0.2, 0.25) is 5.02 Å². The van der Waals surface area contributed by atoms with Crippen molar-refractivity contribution in [3.8, 4) is 5.75 Å². The van der Waals surface area contributed by atoms with Crippen LogP contribution in [0.3, 0.4) is 0 Å². The fraction of sp³-hybridized carbons (Fsp3) is 0.182. The largest absolute Gasteiger partial charge is 0.495 e. The predicted molar refractivity (Wildman–Crippen MR) is 58.0 cm³/mol. The fourth-order valence-electron chi connectivity index (χ4n) is 1.50. The van der Waals surface area contributed by atoms with E-state index >= 15 is 0 Å². The predicted octanol–water partition coefficient (Wildman–Crippen LogP) is 3.21. The van der Waals surface area contributed by atoms with Crippen LogP contribution in [0.15, 0.2) is 24.4 Å². The number of benzene rings is 1. The minimum atomic E-state index is 0.649. The molecular weight excluding hydrogens is 198 g/mol. The molecule has 0 unspecified atom stereocenters. The molecule has 1 aromatic carbocycles. The molecule has 0 aliphatic carbocycles. The number of aryl methyl sites for hydroxylation is 1. The lowest BCUT2D eigenvalue weighted by atomic mass is 10.1. The smallest absolute Gasteiger partial charge is 0.138 e. The van der Waals surface area contributed by atoms with Crippen LogP contribution in [0, 0.1) is 6.92 Å². The van der Waals surface area contributed by atoms with E-state index in [1.165, 1.54) is 0 Å². The highest BCUT2D eigenvalue weighted by atomic mass is 35.5. The molecule has 0 saturated carbocycles. The van der Waals surface area contributed by atoms with Gasteiger partial charge < -0.3 is 4.74 Å². The van der Waals surface area contributed by atoms with Gasteiger partial charge in [0.05, 0.1) is 12.1 Å². The quantitative estimate of drug-likeness (QED) is 0.717. The van der Waals surface area contributed by atoms with Crippen molar-refractivity contribution in [1.82, 2.24) is 4.98 Å². The molecule has 0 fully saturated rings. The van der Waals surface area contributed by atoms with Crippen LogP contribution in [0.25, 0.3) is 10.8 Å². The molecule has 0 N–H and O–H groups in total. The second kappa shape index (κ2) is 3.46. The zero-order valence-electron chi connectivity index (χ0n) is 8.04. The van der Waals surface area contributed by atoms with E-state index in [1.54, 1.807) is 13.3 Å². The Kier molecular flexibility index (Phi) is 2.30. The highest BCUT2D eigenvalue weighted by Gasteiger charge is 2.06. The summed E-state index contributed by atoms with van der Waals surface area (Å²) in [5.41, 5.74) is 0.979. The Balaban J connectivity index is 2.84. The summed E-state index contributed by atoms with van der Waals surface area (Å²) >= 11 is 6.16. The van der Waals surface area contributed by atoms with Crippen molar-refractivity contribution in [3.05, 3.63) is 35.1 Å². The first-order chi connectivity index (χ1) is 6.74. The van der Waals surface area contributed by atoms with Gasteiger partial charge in [0, 0.05) is 22.7 Å². The van der Waals surface area contributed by atoms with Crippen molar-refractivity contribution < 1.29 is 4.74 Å². The molecule has 0 aliphatic heterocycles. The average molecular weight is 208 g/mol. The number of hydrogen-bond acceptors (Lipinski definition) is 2. The lowest BCUT2D eigenvalue weighted by molar-refractivity contribution is 0.415. The molecule has 2 aromatic rings. The van der Waals surface area contributed by atoms with E-state index in [0.29, 0.717) is 10.8 Å². The highest BCUT2D eigenvalue weighted by molar-refractivity contribution is 6.37. The molecule has 14 heavy (non-hydrogen) atoms. The Bertz CT molecular complexity index is 482. The zero-order valence-corrected chi connectivity index (χ0v) is 8.80. The number of nitrogens with zero attached hydrogens (tertiary/aromatic N) is 1. The van der Waals surface area contributed by atoms with Crippen LogP contribution in [-0.2, 0) is 0 Å².